The van der Waals surface area contributed by atoms with Gasteiger partial charge in [-0.25, -0.2) is 4.79 Å². The van der Waals surface area contributed by atoms with Crippen LogP contribution < -0.4 is 11.2 Å². The van der Waals surface area contributed by atoms with Gasteiger partial charge in [-0.2, -0.15) is 8.78 Å². The first-order valence-electron chi connectivity index (χ1n) is 10.0. The Morgan fingerprint density at radius 1 is 1.25 bits per heavy atom. The van der Waals surface area contributed by atoms with E-state index in [9.17, 15) is 28.0 Å². The summed E-state index contributed by atoms with van der Waals surface area (Å²) in [6.45, 7) is 3.76. The Morgan fingerprint density at radius 3 is 2.44 bits per heavy atom. The van der Waals surface area contributed by atoms with Crippen LogP contribution in [0.5, 0.6) is 0 Å². The van der Waals surface area contributed by atoms with E-state index in [2.05, 4.69) is 4.98 Å². The number of aromatic nitrogens is 2. The molecule has 2 N–H and O–H groups in total. The maximum atomic E-state index is 15.0. The van der Waals surface area contributed by atoms with Crippen LogP contribution in [0.4, 0.5) is 8.78 Å². The van der Waals surface area contributed by atoms with Gasteiger partial charge in [-0.15, -0.1) is 0 Å². The van der Waals surface area contributed by atoms with Crippen LogP contribution in [0.1, 0.15) is 32.1 Å². The van der Waals surface area contributed by atoms with Crippen LogP contribution in [0, 0.1) is 6.92 Å². The number of methoxy groups -OCH3 is 1. The van der Waals surface area contributed by atoms with Gasteiger partial charge in [0.15, 0.2) is 6.23 Å². The third-order valence-electron chi connectivity index (χ3n) is 4.78. The van der Waals surface area contributed by atoms with Crippen LogP contribution in [-0.4, -0.2) is 72.2 Å². The van der Waals surface area contributed by atoms with Crippen LogP contribution in [0.3, 0.4) is 0 Å². The summed E-state index contributed by atoms with van der Waals surface area (Å²) in [5.74, 6) is 0. The highest BCUT2D eigenvalue weighted by atomic mass is 31.2. The SMILES string of the molecule is CCOP(=O)(OCC)C(F)(F)C[C@H]1O[C@@H](n2cc(C)c(=O)[nH]c2=O)[C@H](OCCOC)[C@@H]1O. The van der Waals surface area contributed by atoms with Crippen LogP contribution in [0.2, 0.25) is 0 Å². The molecule has 11 nitrogen and oxygen atoms in total. The van der Waals surface area contributed by atoms with Crippen molar-refractivity contribution < 1.29 is 41.7 Å². The average molecular weight is 486 g/mol. The Hall–Kier alpha value is -1.47. The van der Waals surface area contributed by atoms with Gasteiger partial charge < -0.3 is 28.4 Å². The molecule has 1 aliphatic rings. The van der Waals surface area contributed by atoms with Gasteiger partial charge in [0, 0.05) is 18.9 Å². The Morgan fingerprint density at radius 2 is 1.88 bits per heavy atom. The highest BCUT2D eigenvalue weighted by Crippen LogP contribution is 2.64. The topological polar surface area (TPSA) is 138 Å². The van der Waals surface area contributed by atoms with Gasteiger partial charge in [0.25, 0.3) is 5.56 Å². The first-order valence-corrected chi connectivity index (χ1v) is 11.6. The summed E-state index contributed by atoms with van der Waals surface area (Å²) in [7, 11) is -3.45. The van der Waals surface area contributed by atoms with Gasteiger partial charge in [0.2, 0.25) is 0 Å². The average Bonchev–Trinajstić information content (AvgIpc) is 3.00. The summed E-state index contributed by atoms with van der Waals surface area (Å²) in [5.41, 5.74) is -5.34. The smallest absolute Gasteiger partial charge is 0.388 e. The number of halogens is 2. The molecule has 1 aromatic heterocycles. The standard InChI is InChI=1S/C18H29F2N2O9P/c1-5-29-32(26,30-6-2)18(19,20)9-12-13(23)14(28-8-7-27-4)16(31-12)22-10-11(3)15(24)21-17(22)25/h10,12-14,16,23H,5-9H2,1-4H3,(H,21,24,25)/t12-,13-,14-,16-/m1/s1. The van der Waals surface area contributed by atoms with Gasteiger partial charge >= 0.3 is 18.9 Å². The molecule has 2 heterocycles. The van der Waals surface area contributed by atoms with E-state index in [1.807, 2.05) is 0 Å². The number of aliphatic hydroxyl groups is 1. The zero-order chi connectivity index (χ0) is 24.1. The van der Waals surface area contributed by atoms with Crippen molar-refractivity contribution in [3.8, 4) is 0 Å². The van der Waals surface area contributed by atoms with Crippen molar-refractivity contribution in [2.45, 2.75) is 57.4 Å². The number of H-pyrrole nitrogens is 1. The molecule has 1 aliphatic heterocycles. The van der Waals surface area contributed by atoms with Crippen molar-refractivity contribution in [1.82, 2.24) is 9.55 Å². The molecular weight excluding hydrogens is 457 g/mol. The normalized spacial score (nSPS) is 24.2. The quantitative estimate of drug-likeness (QED) is 0.331. The highest BCUT2D eigenvalue weighted by molar-refractivity contribution is 7.55. The molecule has 0 aromatic carbocycles. The molecular formula is C18H29F2N2O9P. The van der Waals surface area contributed by atoms with Crippen molar-refractivity contribution >= 4 is 7.60 Å². The molecule has 1 fully saturated rings. The zero-order valence-corrected chi connectivity index (χ0v) is 19.2. The summed E-state index contributed by atoms with van der Waals surface area (Å²) in [6.07, 6.45) is -5.86. The number of aliphatic hydroxyl groups excluding tert-OH is 1. The molecule has 0 saturated carbocycles. The number of aryl methyl sites for hydroxylation is 1. The molecule has 0 bridgehead atoms. The van der Waals surface area contributed by atoms with Crippen LogP contribution in [0.25, 0.3) is 0 Å². The van der Waals surface area contributed by atoms with E-state index in [1.54, 1.807) is 0 Å². The number of aromatic amines is 1. The van der Waals surface area contributed by atoms with Crippen molar-refractivity contribution in [2.75, 3.05) is 33.5 Å². The molecule has 2 rings (SSSR count). The summed E-state index contributed by atoms with van der Waals surface area (Å²) < 4.78 is 69.0. The first kappa shape index (κ1) is 26.8. The van der Waals surface area contributed by atoms with Gasteiger partial charge in [0.05, 0.1) is 39.0 Å². The molecule has 184 valence electrons. The number of nitrogens with one attached hydrogen (secondary N) is 1. The fourth-order valence-corrected chi connectivity index (χ4v) is 4.79. The lowest BCUT2D eigenvalue weighted by Gasteiger charge is -2.28. The first-order chi connectivity index (χ1) is 15.0. The summed E-state index contributed by atoms with van der Waals surface area (Å²) in [5, 5.41) is 10.7. The highest BCUT2D eigenvalue weighted by Gasteiger charge is 2.58. The number of alkyl halides is 2. The van der Waals surface area contributed by atoms with Crippen molar-refractivity contribution in [2.24, 2.45) is 0 Å². The molecule has 0 spiro atoms. The molecule has 0 aliphatic carbocycles. The van der Waals surface area contributed by atoms with Crippen molar-refractivity contribution in [3.05, 3.63) is 32.6 Å². The van der Waals surface area contributed by atoms with Crippen LogP contribution in [-0.2, 0) is 27.8 Å². The molecule has 1 aromatic rings. The molecule has 0 amide bonds. The van der Waals surface area contributed by atoms with Gasteiger partial charge in [-0.1, -0.05) is 0 Å². The second kappa shape index (κ2) is 11.1. The number of rotatable bonds is 12. The van der Waals surface area contributed by atoms with Crippen LogP contribution in [0.15, 0.2) is 15.8 Å². The fourth-order valence-electron chi connectivity index (χ4n) is 3.25. The molecule has 14 heteroatoms. The molecule has 32 heavy (non-hydrogen) atoms. The number of hydrogen-bond donors (Lipinski definition) is 2. The summed E-state index contributed by atoms with van der Waals surface area (Å²) in [4.78, 5) is 26.1. The molecule has 1 saturated heterocycles. The van der Waals surface area contributed by atoms with E-state index in [4.69, 9.17) is 23.3 Å². The van der Waals surface area contributed by atoms with E-state index in [0.29, 0.717) is 0 Å². The minimum Gasteiger partial charge on any atom is -0.388 e. The van der Waals surface area contributed by atoms with Crippen molar-refractivity contribution in [1.29, 1.82) is 0 Å². The van der Waals surface area contributed by atoms with E-state index in [0.717, 1.165) is 4.57 Å². The van der Waals surface area contributed by atoms with Crippen LogP contribution >= 0.6 is 7.60 Å². The Bertz CT molecular complexity index is 912. The molecule has 0 radical (unpaired) electrons. The maximum Gasteiger partial charge on any atom is 0.399 e. The number of nitrogens with zero attached hydrogens (tertiary/aromatic N) is 1. The van der Waals surface area contributed by atoms with Gasteiger partial charge in [0.1, 0.15) is 12.2 Å². The predicted octanol–water partition coefficient (Wildman–Crippen LogP) is 1.38. The fraction of sp³-hybridized carbons (Fsp3) is 0.778. The Balaban J connectivity index is 2.37. The third kappa shape index (κ3) is 5.71. The minimum absolute atomic E-state index is 0.0331. The maximum absolute atomic E-state index is 15.0. The van der Waals surface area contributed by atoms with E-state index in [1.165, 1.54) is 34.1 Å². The summed E-state index contributed by atoms with van der Waals surface area (Å²) >= 11 is 0. The van der Waals surface area contributed by atoms with Gasteiger partial charge in [-0.3, -0.25) is 18.9 Å². The molecule has 0 unspecified atom stereocenters. The third-order valence-corrected chi connectivity index (χ3v) is 6.96. The lowest BCUT2D eigenvalue weighted by molar-refractivity contribution is -0.0862. The lowest BCUT2D eigenvalue weighted by atomic mass is 10.1. The summed E-state index contributed by atoms with van der Waals surface area (Å²) in [6, 6.07) is 0. The Kier molecular flexibility index (Phi) is 9.29. The predicted molar refractivity (Wildman–Crippen MR) is 108 cm³/mol. The van der Waals surface area contributed by atoms with E-state index >= 15 is 0 Å². The lowest BCUT2D eigenvalue weighted by Crippen LogP contribution is -2.40. The zero-order valence-electron chi connectivity index (χ0n) is 18.3. The number of ether oxygens (including phenoxy) is 3. The second-order valence-electron chi connectivity index (χ2n) is 7.07. The van der Waals surface area contributed by atoms with Gasteiger partial charge in [-0.05, 0) is 20.8 Å². The second-order valence-corrected chi connectivity index (χ2v) is 9.23. The largest absolute Gasteiger partial charge is 0.399 e. The van der Waals surface area contributed by atoms with Crippen molar-refractivity contribution in [3.63, 3.8) is 0 Å². The Labute approximate surface area is 183 Å². The monoisotopic (exact) mass is 486 g/mol. The number of hydrogen-bond acceptors (Lipinski definition) is 9. The van der Waals surface area contributed by atoms with E-state index < -0.39 is 55.5 Å². The minimum atomic E-state index is -4.86. The molecule has 4 atom stereocenters. The van der Waals surface area contributed by atoms with E-state index in [-0.39, 0.29) is 32.0 Å².